The van der Waals surface area contributed by atoms with Gasteiger partial charge in [-0.05, 0) is 12.1 Å². The zero-order valence-corrected chi connectivity index (χ0v) is 21.3. The van der Waals surface area contributed by atoms with Gasteiger partial charge in [-0.2, -0.15) is 13.2 Å². The van der Waals surface area contributed by atoms with Gasteiger partial charge in [-0.3, -0.25) is 4.79 Å². The van der Waals surface area contributed by atoms with E-state index in [-0.39, 0.29) is 35.5 Å². The molecule has 2 N–H and O–H groups in total. The topological polar surface area (TPSA) is 118 Å². The molecule has 8 rings (SSSR count). The Balaban J connectivity index is 1.22. The number of carbonyl (C=O) groups is 1. The number of alkyl halides is 3. The number of aromatic nitrogens is 3. The summed E-state index contributed by atoms with van der Waals surface area (Å²) in [5.41, 5.74) is 2.16. The molecule has 4 aliphatic heterocycles. The molecule has 0 aliphatic carbocycles. The molecule has 41 heavy (non-hydrogen) atoms. The zero-order chi connectivity index (χ0) is 28.1. The van der Waals surface area contributed by atoms with E-state index in [9.17, 15) is 18.0 Å². The minimum Gasteiger partial charge on any atom is -0.402 e. The van der Waals surface area contributed by atoms with Gasteiger partial charge in [0, 0.05) is 36.8 Å². The lowest BCUT2D eigenvalue weighted by Gasteiger charge is -2.48. The average molecular weight is 562 g/mol. The highest BCUT2D eigenvalue weighted by molar-refractivity contribution is 6.19. The molecular formula is C28H22F3N7O3. The van der Waals surface area contributed by atoms with Gasteiger partial charge < -0.3 is 24.7 Å². The Labute approximate surface area is 231 Å². The smallest absolute Gasteiger partial charge is 0.402 e. The number of hydrogen-bond donors (Lipinski definition) is 2. The SMILES string of the molecule is O=C1Nc2ccccc2C(c2ccccc2)=NC1Nc1nnc(-c2ncc(C(F)(F)F)cc2N2CC3CC(C2)O3)o1. The van der Waals surface area contributed by atoms with Crippen LogP contribution in [0.5, 0.6) is 0 Å². The maximum atomic E-state index is 13.5. The number of benzene rings is 2. The Hall–Kier alpha value is -4.78. The number of morpholine rings is 1. The lowest BCUT2D eigenvalue weighted by Crippen LogP contribution is -2.57. The van der Waals surface area contributed by atoms with Crippen LogP contribution in [0.2, 0.25) is 0 Å². The third-order valence-corrected chi connectivity index (χ3v) is 7.18. The molecule has 4 aliphatic rings. The Morgan fingerprint density at radius 1 is 1.00 bits per heavy atom. The van der Waals surface area contributed by atoms with Gasteiger partial charge in [0.2, 0.25) is 6.17 Å². The van der Waals surface area contributed by atoms with E-state index in [1.54, 1.807) is 11.0 Å². The van der Waals surface area contributed by atoms with Crippen molar-refractivity contribution in [3.8, 4) is 11.6 Å². The number of nitrogens with zero attached hydrogens (tertiary/aromatic N) is 5. The van der Waals surface area contributed by atoms with Crippen LogP contribution in [0.4, 0.5) is 30.6 Å². The van der Waals surface area contributed by atoms with Crippen LogP contribution in [-0.2, 0) is 15.7 Å². The molecule has 13 heteroatoms. The Morgan fingerprint density at radius 2 is 1.73 bits per heavy atom. The highest BCUT2D eigenvalue weighted by Crippen LogP contribution is 2.39. The lowest BCUT2D eigenvalue weighted by atomic mass is 9.97. The third kappa shape index (κ3) is 4.78. The Kier molecular flexibility index (Phi) is 5.96. The van der Waals surface area contributed by atoms with Crippen molar-refractivity contribution in [2.24, 2.45) is 4.99 Å². The van der Waals surface area contributed by atoms with E-state index in [1.165, 1.54) is 0 Å². The summed E-state index contributed by atoms with van der Waals surface area (Å²) in [6.07, 6.45) is -4.21. The number of fused-ring (bicyclic) bond motifs is 3. The number of carbonyl (C=O) groups excluding carboxylic acids is 1. The lowest BCUT2D eigenvalue weighted by molar-refractivity contribution is -0.138. The standard InChI is InChI=1S/C28H22F3N7O3/c29-28(30,31)16-10-21(38-13-17-11-18(14-38)40-17)23(32-12-16)26-36-37-27(41-26)35-24-25(39)33-20-9-5-4-8-19(20)22(34-24)15-6-2-1-3-7-15/h1-10,12,17-18,24H,11,13-14H2,(H,33,39)(H,35,37). The second kappa shape index (κ2) is 9.70. The van der Waals surface area contributed by atoms with Gasteiger partial charge in [-0.1, -0.05) is 53.6 Å². The molecule has 0 saturated carbocycles. The van der Waals surface area contributed by atoms with Crippen molar-refractivity contribution in [3.63, 3.8) is 0 Å². The van der Waals surface area contributed by atoms with Crippen molar-refractivity contribution in [1.29, 1.82) is 0 Å². The molecule has 10 nitrogen and oxygen atoms in total. The van der Waals surface area contributed by atoms with Crippen molar-refractivity contribution in [1.82, 2.24) is 15.2 Å². The summed E-state index contributed by atoms with van der Waals surface area (Å²) < 4.78 is 52.1. The van der Waals surface area contributed by atoms with Crippen LogP contribution in [0.3, 0.4) is 0 Å². The first-order chi connectivity index (χ1) is 19.8. The summed E-state index contributed by atoms with van der Waals surface area (Å²) in [5.74, 6) is -0.551. The molecule has 0 radical (unpaired) electrons. The van der Waals surface area contributed by atoms with Crippen molar-refractivity contribution >= 4 is 29.0 Å². The second-order valence-corrected chi connectivity index (χ2v) is 9.95. The minimum absolute atomic E-state index is 0.0504. The van der Waals surface area contributed by atoms with Crippen molar-refractivity contribution < 1.29 is 27.1 Å². The Bertz CT molecular complexity index is 1640. The summed E-state index contributed by atoms with van der Waals surface area (Å²) in [5, 5.41) is 13.8. The summed E-state index contributed by atoms with van der Waals surface area (Å²) in [7, 11) is 0. The monoisotopic (exact) mass is 561 g/mol. The fourth-order valence-electron chi connectivity index (χ4n) is 5.24. The predicted molar refractivity (Wildman–Crippen MR) is 143 cm³/mol. The van der Waals surface area contributed by atoms with E-state index < -0.39 is 23.8 Å². The highest BCUT2D eigenvalue weighted by Gasteiger charge is 2.41. The summed E-state index contributed by atoms with van der Waals surface area (Å²) >= 11 is 0. The number of para-hydroxylation sites is 1. The molecule has 6 heterocycles. The average Bonchev–Trinajstić information content (AvgIpc) is 3.38. The number of halogens is 3. The number of hydrogen-bond acceptors (Lipinski definition) is 9. The van der Waals surface area contributed by atoms with Crippen LogP contribution < -0.4 is 15.5 Å². The van der Waals surface area contributed by atoms with E-state index in [0.717, 1.165) is 29.8 Å². The summed E-state index contributed by atoms with van der Waals surface area (Å²) in [4.78, 5) is 23.7. The molecule has 4 aromatic rings. The molecule has 2 aromatic heterocycles. The van der Waals surface area contributed by atoms with E-state index in [2.05, 4.69) is 25.8 Å². The number of nitrogens with one attached hydrogen (secondary N) is 2. The first-order valence-corrected chi connectivity index (χ1v) is 12.9. The van der Waals surface area contributed by atoms with E-state index >= 15 is 0 Å². The van der Waals surface area contributed by atoms with Gasteiger partial charge in [-0.25, -0.2) is 9.98 Å². The van der Waals surface area contributed by atoms with Crippen LogP contribution in [0.15, 0.2) is 76.3 Å². The third-order valence-electron chi connectivity index (χ3n) is 7.18. The minimum atomic E-state index is -4.57. The van der Waals surface area contributed by atoms with Crippen molar-refractivity contribution in [2.75, 3.05) is 28.6 Å². The normalized spacial score (nSPS) is 21.7. The van der Waals surface area contributed by atoms with E-state index in [1.807, 2.05) is 48.5 Å². The van der Waals surface area contributed by atoms with Crippen LogP contribution in [0.1, 0.15) is 23.1 Å². The molecule has 3 unspecified atom stereocenters. The Morgan fingerprint density at radius 3 is 2.49 bits per heavy atom. The second-order valence-electron chi connectivity index (χ2n) is 9.95. The molecule has 2 aromatic carbocycles. The maximum absolute atomic E-state index is 13.5. The molecule has 3 atom stereocenters. The maximum Gasteiger partial charge on any atom is 0.417 e. The number of aliphatic imine (C=N–C) groups is 1. The van der Waals surface area contributed by atoms with Crippen molar-refractivity contribution in [2.45, 2.75) is 31.0 Å². The molecule has 2 bridgehead atoms. The zero-order valence-electron chi connectivity index (χ0n) is 21.3. The number of rotatable bonds is 5. The largest absolute Gasteiger partial charge is 0.417 e. The molecular weight excluding hydrogens is 539 g/mol. The molecule has 0 spiro atoms. The quantitative estimate of drug-likeness (QED) is 0.369. The summed E-state index contributed by atoms with van der Waals surface area (Å²) in [6.45, 7) is 0.844. The molecule has 1 amide bonds. The van der Waals surface area contributed by atoms with Gasteiger partial charge in [0.05, 0.1) is 34.9 Å². The highest BCUT2D eigenvalue weighted by atomic mass is 19.4. The predicted octanol–water partition coefficient (Wildman–Crippen LogP) is 4.36. The fourth-order valence-corrected chi connectivity index (χ4v) is 5.24. The van der Waals surface area contributed by atoms with Crippen LogP contribution >= 0.6 is 0 Å². The first kappa shape index (κ1) is 25.2. The molecule has 3 saturated heterocycles. The number of ether oxygens (including phenoxy) is 1. The van der Waals surface area contributed by atoms with Gasteiger partial charge in [-0.15, -0.1) is 5.10 Å². The summed E-state index contributed by atoms with van der Waals surface area (Å²) in [6, 6.07) is 17.6. The molecule has 3 fully saturated rings. The van der Waals surface area contributed by atoms with Gasteiger partial charge >= 0.3 is 12.2 Å². The number of amides is 1. The number of anilines is 3. The van der Waals surface area contributed by atoms with Crippen LogP contribution in [-0.4, -0.2) is 58.3 Å². The first-order valence-electron chi connectivity index (χ1n) is 12.9. The van der Waals surface area contributed by atoms with Gasteiger partial charge in [0.15, 0.2) is 5.69 Å². The van der Waals surface area contributed by atoms with E-state index in [0.29, 0.717) is 24.5 Å². The fraction of sp³-hybridized carbons (Fsp3) is 0.250. The van der Waals surface area contributed by atoms with Gasteiger partial charge in [0.25, 0.3) is 11.8 Å². The van der Waals surface area contributed by atoms with Crippen molar-refractivity contribution in [3.05, 3.63) is 83.6 Å². The van der Waals surface area contributed by atoms with Gasteiger partial charge in [0.1, 0.15) is 0 Å². The molecule has 208 valence electrons. The number of piperidine rings is 1. The number of pyridine rings is 1. The van der Waals surface area contributed by atoms with Crippen LogP contribution in [0, 0.1) is 0 Å². The number of benzodiazepines with no additional fused rings is 1. The van der Waals surface area contributed by atoms with Crippen LogP contribution in [0.25, 0.3) is 11.6 Å². The van der Waals surface area contributed by atoms with E-state index in [4.69, 9.17) is 14.1 Å².